The van der Waals surface area contributed by atoms with Gasteiger partial charge in [-0.3, -0.25) is 4.98 Å². The first-order chi connectivity index (χ1) is 6.36. The predicted molar refractivity (Wildman–Crippen MR) is 51.6 cm³/mol. The second-order valence-electron chi connectivity index (χ2n) is 3.67. The topological polar surface area (TPSA) is 22.1 Å². The number of hydrogen-bond acceptors (Lipinski definition) is 2. The first kappa shape index (κ1) is 8.70. The zero-order chi connectivity index (χ0) is 9.10. The van der Waals surface area contributed by atoms with Crippen LogP contribution in [-0.4, -0.2) is 17.7 Å². The fraction of sp³-hybridized carbons (Fsp3) is 0.545. The highest BCUT2D eigenvalue weighted by atomic mass is 16.5. The van der Waals surface area contributed by atoms with Crippen molar-refractivity contribution in [3.05, 3.63) is 30.1 Å². The van der Waals surface area contributed by atoms with Gasteiger partial charge in [-0.25, -0.2) is 0 Å². The van der Waals surface area contributed by atoms with E-state index >= 15 is 0 Å². The minimum absolute atomic E-state index is 0.431. The van der Waals surface area contributed by atoms with Gasteiger partial charge in [0.15, 0.2) is 0 Å². The van der Waals surface area contributed by atoms with Gasteiger partial charge in [0.05, 0.1) is 12.7 Å². The number of hydrogen-bond donors (Lipinski definition) is 0. The molecule has 2 heteroatoms. The molecule has 0 aliphatic carbocycles. The van der Waals surface area contributed by atoms with Crippen LogP contribution in [0.15, 0.2) is 24.4 Å². The Morgan fingerprint density at radius 1 is 1.38 bits per heavy atom. The van der Waals surface area contributed by atoms with Crippen molar-refractivity contribution < 1.29 is 4.74 Å². The third-order valence-corrected chi connectivity index (χ3v) is 2.61. The lowest BCUT2D eigenvalue weighted by molar-refractivity contribution is 0.0146. The van der Waals surface area contributed by atoms with Crippen LogP contribution in [0, 0.1) is 0 Å². The highest BCUT2D eigenvalue weighted by Crippen LogP contribution is 2.26. The van der Waals surface area contributed by atoms with Crippen LogP contribution in [0.5, 0.6) is 0 Å². The molecule has 70 valence electrons. The second-order valence-corrected chi connectivity index (χ2v) is 3.67. The minimum Gasteiger partial charge on any atom is -0.378 e. The Morgan fingerprint density at radius 3 is 2.92 bits per heavy atom. The van der Waals surface area contributed by atoms with Gasteiger partial charge < -0.3 is 4.74 Å². The molecule has 0 saturated carbocycles. The van der Waals surface area contributed by atoms with E-state index in [0.717, 1.165) is 13.0 Å². The average molecular weight is 177 g/mol. The van der Waals surface area contributed by atoms with Crippen molar-refractivity contribution in [2.45, 2.75) is 31.8 Å². The summed E-state index contributed by atoms with van der Waals surface area (Å²) in [5.41, 5.74) is 1.18. The van der Waals surface area contributed by atoms with Crippen LogP contribution in [0.3, 0.4) is 0 Å². The summed E-state index contributed by atoms with van der Waals surface area (Å²) in [7, 11) is 0. The molecule has 13 heavy (non-hydrogen) atoms. The van der Waals surface area contributed by atoms with Crippen molar-refractivity contribution in [2.24, 2.45) is 0 Å². The molecule has 0 N–H and O–H groups in total. The van der Waals surface area contributed by atoms with Crippen molar-refractivity contribution in [2.75, 3.05) is 6.61 Å². The third-order valence-electron chi connectivity index (χ3n) is 2.61. The van der Waals surface area contributed by atoms with Crippen LogP contribution in [-0.2, 0) is 4.74 Å². The third kappa shape index (κ3) is 2.07. The molecular weight excluding hydrogens is 162 g/mol. The number of ether oxygens (including phenoxy) is 1. The Balaban J connectivity index is 2.03. The van der Waals surface area contributed by atoms with E-state index in [0.29, 0.717) is 12.0 Å². The molecule has 1 aromatic rings. The predicted octanol–water partition coefficient (Wildman–Crippen LogP) is 2.36. The first-order valence-electron chi connectivity index (χ1n) is 4.89. The molecule has 2 nitrogen and oxygen atoms in total. The molecule has 0 aromatic carbocycles. The number of nitrogens with zero attached hydrogens (tertiary/aromatic N) is 1. The monoisotopic (exact) mass is 177 g/mol. The fourth-order valence-corrected chi connectivity index (χ4v) is 1.73. The molecule has 2 heterocycles. The molecule has 0 spiro atoms. The lowest BCUT2D eigenvalue weighted by Gasteiger charge is -2.26. The molecule has 1 fully saturated rings. The lowest BCUT2D eigenvalue weighted by Crippen LogP contribution is -2.22. The summed E-state index contributed by atoms with van der Waals surface area (Å²) in [5.74, 6) is 0.511. The maximum Gasteiger partial charge on any atom is 0.0553 e. The molecule has 1 aliphatic heterocycles. The number of pyridine rings is 1. The smallest absolute Gasteiger partial charge is 0.0553 e. The summed E-state index contributed by atoms with van der Waals surface area (Å²) in [6.45, 7) is 2.97. The van der Waals surface area contributed by atoms with E-state index in [4.69, 9.17) is 4.74 Å². The van der Waals surface area contributed by atoms with Crippen LogP contribution >= 0.6 is 0 Å². The van der Waals surface area contributed by atoms with Crippen molar-refractivity contribution in [1.82, 2.24) is 4.98 Å². The van der Waals surface area contributed by atoms with E-state index in [9.17, 15) is 0 Å². The number of aromatic nitrogens is 1. The maximum atomic E-state index is 5.60. The summed E-state index contributed by atoms with van der Waals surface area (Å²) in [5, 5.41) is 0. The van der Waals surface area contributed by atoms with Gasteiger partial charge in [0.1, 0.15) is 0 Å². The Bertz CT molecular complexity index is 252. The lowest BCUT2D eigenvalue weighted by atomic mass is 9.95. The van der Waals surface area contributed by atoms with E-state index in [1.807, 2.05) is 18.3 Å². The SMILES string of the molecule is CC1CCC(c2ccccn2)CO1. The highest BCUT2D eigenvalue weighted by Gasteiger charge is 2.20. The van der Waals surface area contributed by atoms with E-state index < -0.39 is 0 Å². The van der Waals surface area contributed by atoms with Gasteiger partial charge in [0.25, 0.3) is 0 Å². The molecule has 0 amide bonds. The molecule has 1 aliphatic rings. The largest absolute Gasteiger partial charge is 0.378 e. The van der Waals surface area contributed by atoms with Gasteiger partial charge in [-0.05, 0) is 31.9 Å². The molecule has 2 atom stereocenters. The summed E-state index contributed by atoms with van der Waals surface area (Å²) < 4.78 is 5.60. The Kier molecular flexibility index (Phi) is 2.60. The summed E-state index contributed by atoms with van der Waals surface area (Å²) in [6, 6.07) is 6.08. The average Bonchev–Trinajstić information content (AvgIpc) is 2.20. The van der Waals surface area contributed by atoms with Gasteiger partial charge >= 0.3 is 0 Å². The normalized spacial score (nSPS) is 28.7. The van der Waals surface area contributed by atoms with Crippen LogP contribution in [0.25, 0.3) is 0 Å². The maximum absolute atomic E-state index is 5.60. The van der Waals surface area contributed by atoms with Crippen molar-refractivity contribution in [1.29, 1.82) is 0 Å². The highest BCUT2D eigenvalue weighted by molar-refractivity contribution is 5.10. The standard InChI is InChI=1S/C11H15NO/c1-9-5-6-10(8-13-9)11-4-2-3-7-12-11/h2-4,7,9-10H,5-6,8H2,1H3. The van der Waals surface area contributed by atoms with Gasteiger partial charge in [0.2, 0.25) is 0 Å². The van der Waals surface area contributed by atoms with Crippen molar-refractivity contribution >= 4 is 0 Å². The number of rotatable bonds is 1. The van der Waals surface area contributed by atoms with Gasteiger partial charge in [-0.1, -0.05) is 6.07 Å². The van der Waals surface area contributed by atoms with Crippen LogP contribution < -0.4 is 0 Å². The van der Waals surface area contributed by atoms with Crippen LogP contribution in [0.4, 0.5) is 0 Å². The minimum atomic E-state index is 0.431. The molecule has 1 saturated heterocycles. The molecule has 1 aromatic heterocycles. The molecular formula is C11H15NO. The zero-order valence-electron chi connectivity index (χ0n) is 7.94. The molecule has 2 rings (SSSR count). The van der Waals surface area contributed by atoms with Crippen LogP contribution in [0.2, 0.25) is 0 Å². The van der Waals surface area contributed by atoms with E-state index in [1.54, 1.807) is 0 Å². The van der Waals surface area contributed by atoms with Gasteiger partial charge in [-0.2, -0.15) is 0 Å². The summed E-state index contributed by atoms with van der Waals surface area (Å²) >= 11 is 0. The summed E-state index contributed by atoms with van der Waals surface area (Å²) in [4.78, 5) is 4.35. The zero-order valence-corrected chi connectivity index (χ0v) is 7.94. The quantitative estimate of drug-likeness (QED) is 0.657. The fourth-order valence-electron chi connectivity index (χ4n) is 1.73. The van der Waals surface area contributed by atoms with E-state index in [-0.39, 0.29) is 0 Å². The Labute approximate surface area is 78.9 Å². The molecule has 0 bridgehead atoms. The van der Waals surface area contributed by atoms with E-state index in [1.165, 1.54) is 12.1 Å². The van der Waals surface area contributed by atoms with Gasteiger partial charge in [-0.15, -0.1) is 0 Å². The first-order valence-corrected chi connectivity index (χ1v) is 4.89. The molecule has 0 radical (unpaired) electrons. The van der Waals surface area contributed by atoms with Gasteiger partial charge in [0, 0.05) is 17.8 Å². The summed E-state index contributed by atoms with van der Waals surface area (Å²) in [6.07, 6.45) is 4.65. The van der Waals surface area contributed by atoms with Crippen molar-refractivity contribution in [3.63, 3.8) is 0 Å². The Hall–Kier alpha value is -0.890. The Morgan fingerprint density at radius 2 is 2.31 bits per heavy atom. The van der Waals surface area contributed by atoms with Crippen molar-refractivity contribution in [3.8, 4) is 0 Å². The molecule has 2 unspecified atom stereocenters. The van der Waals surface area contributed by atoms with Crippen LogP contribution in [0.1, 0.15) is 31.4 Å². The van der Waals surface area contributed by atoms with E-state index in [2.05, 4.69) is 18.0 Å². The second kappa shape index (κ2) is 3.88.